The lowest BCUT2D eigenvalue weighted by Crippen LogP contribution is -2.44. The van der Waals surface area contributed by atoms with Gasteiger partial charge in [0.25, 0.3) is 0 Å². The number of piperidine rings is 1. The van der Waals surface area contributed by atoms with E-state index in [4.69, 9.17) is 16.3 Å². The van der Waals surface area contributed by atoms with Crippen LogP contribution in [0, 0.1) is 5.92 Å². The van der Waals surface area contributed by atoms with Gasteiger partial charge in [-0.1, -0.05) is 46.6 Å². The van der Waals surface area contributed by atoms with Gasteiger partial charge in [-0.05, 0) is 55.7 Å². The molecule has 1 fully saturated rings. The largest absolute Gasteiger partial charge is 0.373 e. The maximum atomic E-state index is 6.48. The number of hydrogen-bond donors (Lipinski definition) is 1. The molecule has 1 saturated heterocycles. The topological polar surface area (TPSA) is 36.6 Å². The molecule has 2 heterocycles. The molecule has 2 atom stereocenters. The van der Waals surface area contributed by atoms with Crippen molar-refractivity contribution >= 4 is 23.5 Å². The van der Waals surface area contributed by atoms with Gasteiger partial charge in [-0.2, -0.15) is 0 Å². The molecule has 4 rings (SSSR count). The molecule has 0 aromatic heterocycles. The number of ether oxygens (including phenoxy) is 1. The fourth-order valence-corrected chi connectivity index (χ4v) is 4.55. The number of fused-ring (bicyclic) bond motifs is 1. The van der Waals surface area contributed by atoms with Gasteiger partial charge in [-0.15, -0.1) is 0 Å². The number of hydrogen-bond acceptors (Lipinski definition) is 3. The van der Waals surface area contributed by atoms with E-state index in [2.05, 4.69) is 53.9 Å². The van der Waals surface area contributed by atoms with Gasteiger partial charge in [-0.25, -0.2) is 0 Å². The zero-order valence-corrected chi connectivity index (χ0v) is 16.7. The molecule has 3 aliphatic rings. The lowest BCUT2D eigenvalue weighted by Gasteiger charge is -2.39. The average molecular weight is 385 g/mol. The summed E-state index contributed by atoms with van der Waals surface area (Å²) < 4.78 is 8.34. The van der Waals surface area contributed by atoms with Crippen molar-refractivity contribution in [3.05, 3.63) is 58.7 Å². The van der Waals surface area contributed by atoms with Crippen molar-refractivity contribution in [3.8, 4) is 0 Å². The van der Waals surface area contributed by atoms with E-state index in [1.807, 2.05) is 23.9 Å². The van der Waals surface area contributed by atoms with E-state index < -0.39 is 0 Å². The summed E-state index contributed by atoms with van der Waals surface area (Å²) >= 11 is 6.37. The first-order valence-corrected chi connectivity index (χ1v) is 10.1. The summed E-state index contributed by atoms with van der Waals surface area (Å²) in [6.07, 6.45) is 8.25. The van der Waals surface area contributed by atoms with Crippen LogP contribution in [0.4, 0.5) is 0 Å². The van der Waals surface area contributed by atoms with Crippen molar-refractivity contribution in [2.75, 3.05) is 26.7 Å². The van der Waals surface area contributed by atoms with E-state index >= 15 is 0 Å². The third-order valence-corrected chi connectivity index (χ3v) is 6.11. The number of hydrazone groups is 1. The number of rotatable bonds is 5. The Morgan fingerprint density at radius 3 is 2.78 bits per heavy atom. The molecule has 1 N–H and O–H groups in total. The van der Waals surface area contributed by atoms with Gasteiger partial charge in [0.15, 0.2) is 13.3 Å². The molecule has 0 radical (unpaired) electrons. The molecule has 0 spiro atoms. The fraction of sp³-hybridized carbons (Fsp3) is 0.455. The van der Waals surface area contributed by atoms with Crippen LogP contribution in [0.15, 0.2) is 58.2 Å². The molecule has 2 aliphatic heterocycles. The zero-order valence-electron chi connectivity index (χ0n) is 16.0. The summed E-state index contributed by atoms with van der Waals surface area (Å²) in [6, 6.07) is 10.8. The maximum Gasteiger partial charge on any atom is 0.185 e. The number of halogens is 1. The summed E-state index contributed by atoms with van der Waals surface area (Å²) in [5.41, 5.74) is 3.58. The Balaban J connectivity index is 1.53. The van der Waals surface area contributed by atoms with Crippen LogP contribution >= 0.6 is 11.6 Å². The zero-order chi connectivity index (χ0) is 18.9. The number of allylic oxidation sites excluding steroid dienone is 3. The van der Waals surface area contributed by atoms with Gasteiger partial charge in [0, 0.05) is 16.0 Å². The van der Waals surface area contributed by atoms with Gasteiger partial charge >= 0.3 is 0 Å². The van der Waals surface area contributed by atoms with Crippen molar-refractivity contribution in [2.45, 2.75) is 31.3 Å². The highest BCUT2D eigenvalue weighted by Gasteiger charge is 2.37. The molecule has 0 bridgehead atoms. The lowest BCUT2D eigenvalue weighted by atomic mass is 9.74. The summed E-state index contributed by atoms with van der Waals surface area (Å²) in [4.78, 5) is 0. The Labute approximate surface area is 166 Å². The molecule has 4 nitrogen and oxygen atoms in total. The first kappa shape index (κ1) is 18.6. The molecule has 0 amide bonds. The van der Waals surface area contributed by atoms with E-state index in [0.29, 0.717) is 6.61 Å². The molecule has 2 unspecified atom stereocenters. The Morgan fingerprint density at radius 1 is 1.30 bits per heavy atom. The van der Waals surface area contributed by atoms with Crippen molar-refractivity contribution in [2.24, 2.45) is 11.0 Å². The molecule has 1 aromatic rings. The molecular weight excluding hydrogens is 358 g/mol. The van der Waals surface area contributed by atoms with Crippen LogP contribution < -0.4 is 5.32 Å². The van der Waals surface area contributed by atoms with Crippen molar-refractivity contribution in [3.63, 3.8) is 0 Å². The van der Waals surface area contributed by atoms with E-state index in [9.17, 15) is 0 Å². The van der Waals surface area contributed by atoms with Crippen LogP contribution in [-0.2, 0) is 10.2 Å². The highest BCUT2D eigenvalue weighted by Crippen LogP contribution is 2.35. The molecule has 1 aromatic carbocycles. The molecule has 142 valence electrons. The summed E-state index contributed by atoms with van der Waals surface area (Å²) in [6.45, 7) is 4.87. The summed E-state index contributed by atoms with van der Waals surface area (Å²) in [5, 5.41) is 8.89. The molecular formula is C22H27ClN3O+. The summed E-state index contributed by atoms with van der Waals surface area (Å²) in [7, 11) is 1.95. The highest BCUT2D eigenvalue weighted by molar-refractivity contribution is 6.33. The fourth-order valence-electron chi connectivity index (χ4n) is 4.30. The van der Waals surface area contributed by atoms with Crippen molar-refractivity contribution < 1.29 is 9.42 Å². The second kappa shape index (κ2) is 7.70. The molecule has 27 heavy (non-hydrogen) atoms. The molecule has 5 heteroatoms. The summed E-state index contributed by atoms with van der Waals surface area (Å²) in [5.74, 6) is 0.149. The Bertz CT molecular complexity index is 819. The molecule has 0 saturated carbocycles. The quantitative estimate of drug-likeness (QED) is 0.789. The number of nitrogens with one attached hydrogen (secondary N) is 1. The van der Waals surface area contributed by atoms with Crippen LogP contribution in [-0.4, -0.2) is 49.5 Å². The Morgan fingerprint density at radius 2 is 2.04 bits per heavy atom. The maximum absolute atomic E-state index is 6.48. The van der Waals surface area contributed by atoms with Crippen LogP contribution in [0.25, 0.3) is 0 Å². The van der Waals surface area contributed by atoms with E-state index in [1.165, 1.54) is 5.56 Å². The van der Waals surface area contributed by atoms with Gasteiger partial charge in [-0.3, -0.25) is 0 Å². The van der Waals surface area contributed by atoms with Crippen LogP contribution in [0.3, 0.4) is 0 Å². The third kappa shape index (κ3) is 3.79. The SMILES string of the molecule is CC(OCC1(c2ccccc2)CCNCC1)C1=CC(Cl)=CC2C=[N+](C)N=C12. The van der Waals surface area contributed by atoms with Crippen LogP contribution in [0.1, 0.15) is 25.3 Å². The Kier molecular flexibility index (Phi) is 5.31. The first-order chi connectivity index (χ1) is 13.1. The number of benzene rings is 1. The standard InChI is InChI=1S/C22H27ClN3O/c1-16(20-13-19(23)12-17-14-26(2)25-21(17)20)27-15-22(8-10-24-11-9-22)18-6-4-3-5-7-18/h3-7,12-14,16-17,24H,8-11,15H2,1-2H3/q+1. The Hall–Kier alpha value is -1.75. The lowest BCUT2D eigenvalue weighted by molar-refractivity contribution is -0.495. The van der Waals surface area contributed by atoms with Gasteiger partial charge in [0.2, 0.25) is 0 Å². The molecule has 1 aliphatic carbocycles. The smallest absolute Gasteiger partial charge is 0.185 e. The van der Waals surface area contributed by atoms with Crippen LogP contribution in [0.5, 0.6) is 0 Å². The predicted octanol–water partition coefficient (Wildman–Crippen LogP) is 3.47. The average Bonchev–Trinajstić information content (AvgIpc) is 3.06. The monoisotopic (exact) mass is 384 g/mol. The van der Waals surface area contributed by atoms with E-state index in [0.717, 1.165) is 42.2 Å². The normalized spacial score (nSPS) is 25.1. The second-order valence-electron chi connectivity index (χ2n) is 7.73. The van der Waals surface area contributed by atoms with Crippen LogP contribution in [0.2, 0.25) is 0 Å². The van der Waals surface area contributed by atoms with E-state index in [1.54, 1.807) is 0 Å². The van der Waals surface area contributed by atoms with Gasteiger partial charge < -0.3 is 10.1 Å². The first-order valence-electron chi connectivity index (χ1n) is 9.71. The minimum Gasteiger partial charge on any atom is -0.373 e. The van der Waals surface area contributed by atoms with Gasteiger partial charge in [0.1, 0.15) is 11.6 Å². The van der Waals surface area contributed by atoms with Gasteiger partial charge in [0.05, 0.1) is 12.7 Å². The van der Waals surface area contributed by atoms with Crippen molar-refractivity contribution in [1.82, 2.24) is 5.32 Å². The minimum absolute atomic E-state index is 0.0518. The second-order valence-corrected chi connectivity index (χ2v) is 8.17. The van der Waals surface area contributed by atoms with E-state index in [-0.39, 0.29) is 17.4 Å². The predicted molar refractivity (Wildman–Crippen MR) is 111 cm³/mol. The number of nitrogens with zero attached hydrogens (tertiary/aromatic N) is 2. The highest BCUT2D eigenvalue weighted by atomic mass is 35.5. The van der Waals surface area contributed by atoms with Crippen molar-refractivity contribution in [1.29, 1.82) is 0 Å². The minimum atomic E-state index is -0.0518. The third-order valence-electron chi connectivity index (χ3n) is 5.88.